The molecule has 1 amide bonds. The van der Waals surface area contributed by atoms with Gasteiger partial charge in [0.25, 0.3) is 0 Å². The van der Waals surface area contributed by atoms with Crippen molar-refractivity contribution in [2.75, 3.05) is 11.1 Å². The summed E-state index contributed by atoms with van der Waals surface area (Å²) in [5, 5.41) is 11.6. The van der Waals surface area contributed by atoms with E-state index in [9.17, 15) is 13.6 Å². The van der Waals surface area contributed by atoms with Crippen molar-refractivity contribution in [2.45, 2.75) is 11.8 Å². The Hall–Kier alpha value is -3.79. The summed E-state index contributed by atoms with van der Waals surface area (Å²) in [6.45, 7) is -2.99. The molecule has 0 aliphatic heterocycles. The van der Waals surface area contributed by atoms with Crippen LogP contribution in [0.4, 0.5) is 14.5 Å². The summed E-state index contributed by atoms with van der Waals surface area (Å²) >= 11 is 1.17. The molecule has 0 saturated heterocycles. The molecule has 0 radical (unpaired) electrons. The van der Waals surface area contributed by atoms with Crippen LogP contribution >= 0.6 is 11.8 Å². The molecule has 0 unspecified atom stereocenters. The number of alkyl halides is 2. The number of para-hydroxylation sites is 3. The van der Waals surface area contributed by atoms with Gasteiger partial charge in [-0.1, -0.05) is 42.1 Å². The number of benzene rings is 2. The molecule has 0 bridgehead atoms. The normalized spacial score (nSPS) is 10.8. The van der Waals surface area contributed by atoms with Crippen LogP contribution in [0, 0.1) is 0 Å². The monoisotopic (exact) mass is 453 g/mol. The molecule has 7 nitrogen and oxygen atoms in total. The van der Waals surface area contributed by atoms with E-state index in [1.165, 1.54) is 23.9 Å². The Labute approximate surface area is 186 Å². The molecule has 4 aromatic rings. The van der Waals surface area contributed by atoms with Crippen molar-refractivity contribution in [1.82, 2.24) is 19.7 Å². The van der Waals surface area contributed by atoms with Gasteiger partial charge in [-0.3, -0.25) is 14.3 Å². The van der Waals surface area contributed by atoms with Crippen LogP contribution in [0.15, 0.2) is 84.3 Å². The van der Waals surface area contributed by atoms with Crippen molar-refractivity contribution in [2.24, 2.45) is 0 Å². The Kier molecular flexibility index (Phi) is 6.71. The molecule has 4 rings (SSSR count). The van der Waals surface area contributed by atoms with Gasteiger partial charge in [0.1, 0.15) is 5.75 Å². The van der Waals surface area contributed by atoms with E-state index in [1.807, 2.05) is 41.0 Å². The molecule has 0 aliphatic rings. The highest BCUT2D eigenvalue weighted by Crippen LogP contribution is 2.29. The Morgan fingerprint density at radius 2 is 1.81 bits per heavy atom. The first-order valence-corrected chi connectivity index (χ1v) is 10.5. The Balaban J connectivity index is 1.54. The van der Waals surface area contributed by atoms with Gasteiger partial charge in [-0.05, 0) is 36.4 Å². The number of nitrogens with one attached hydrogen (secondary N) is 1. The summed E-state index contributed by atoms with van der Waals surface area (Å²) in [5.74, 6) is 0.0713. The molecule has 32 heavy (non-hydrogen) atoms. The number of pyridine rings is 1. The lowest BCUT2D eigenvalue weighted by atomic mass is 10.2. The van der Waals surface area contributed by atoms with E-state index in [2.05, 4.69) is 25.2 Å². The van der Waals surface area contributed by atoms with Crippen LogP contribution in [-0.4, -0.2) is 38.0 Å². The van der Waals surface area contributed by atoms with Gasteiger partial charge in [0.05, 0.1) is 11.4 Å². The number of carbonyl (C=O) groups excluding carboxylic acids is 1. The third-order valence-electron chi connectivity index (χ3n) is 4.28. The summed E-state index contributed by atoms with van der Waals surface area (Å²) in [6, 6.07) is 19.2. The highest BCUT2D eigenvalue weighted by Gasteiger charge is 2.18. The summed E-state index contributed by atoms with van der Waals surface area (Å²) in [4.78, 5) is 16.6. The van der Waals surface area contributed by atoms with Gasteiger partial charge in [-0.25, -0.2) is 0 Å². The van der Waals surface area contributed by atoms with Crippen LogP contribution in [-0.2, 0) is 4.79 Å². The standard InChI is InChI=1S/C22H17F2N5O2S/c23-21(24)31-18-11-5-4-10-17(18)26-19(30)14-32-22-28-27-20(15-7-6-12-25-13-15)29(22)16-8-2-1-3-9-16/h1-13,21H,14H2,(H,26,30). The van der Waals surface area contributed by atoms with Crippen LogP contribution in [0.1, 0.15) is 0 Å². The molecular weight excluding hydrogens is 436 g/mol. The first kappa shape index (κ1) is 21.4. The van der Waals surface area contributed by atoms with Gasteiger partial charge in [0, 0.05) is 23.6 Å². The highest BCUT2D eigenvalue weighted by molar-refractivity contribution is 7.99. The number of hydrogen-bond donors (Lipinski definition) is 1. The van der Waals surface area contributed by atoms with Crippen molar-refractivity contribution >= 4 is 23.4 Å². The zero-order chi connectivity index (χ0) is 22.3. The highest BCUT2D eigenvalue weighted by atomic mass is 32.2. The molecule has 0 spiro atoms. The zero-order valence-electron chi connectivity index (χ0n) is 16.6. The molecule has 162 valence electrons. The van der Waals surface area contributed by atoms with Crippen LogP contribution in [0.3, 0.4) is 0 Å². The third-order valence-corrected chi connectivity index (χ3v) is 5.21. The van der Waals surface area contributed by atoms with E-state index in [-0.39, 0.29) is 17.2 Å². The topological polar surface area (TPSA) is 81.9 Å². The Morgan fingerprint density at radius 3 is 2.56 bits per heavy atom. The van der Waals surface area contributed by atoms with Crippen LogP contribution in [0.2, 0.25) is 0 Å². The second-order valence-corrected chi connectivity index (χ2v) is 7.37. The molecule has 0 atom stereocenters. The SMILES string of the molecule is O=C(CSc1nnc(-c2cccnc2)n1-c1ccccc1)Nc1ccccc1OC(F)F. The van der Waals surface area contributed by atoms with Crippen molar-refractivity contribution < 1.29 is 18.3 Å². The molecule has 2 aromatic heterocycles. The zero-order valence-corrected chi connectivity index (χ0v) is 17.4. The predicted molar refractivity (Wildman–Crippen MR) is 117 cm³/mol. The van der Waals surface area contributed by atoms with Crippen molar-refractivity contribution in [3.05, 3.63) is 79.1 Å². The molecule has 2 heterocycles. The number of amides is 1. The number of hydrogen-bond acceptors (Lipinski definition) is 6. The molecule has 2 aromatic carbocycles. The summed E-state index contributed by atoms with van der Waals surface area (Å²) in [7, 11) is 0. The van der Waals surface area contributed by atoms with Gasteiger partial charge in [0.15, 0.2) is 11.0 Å². The fraction of sp³-hybridized carbons (Fsp3) is 0.0909. The smallest absolute Gasteiger partial charge is 0.387 e. The maximum atomic E-state index is 12.6. The molecule has 10 heteroatoms. The van der Waals surface area contributed by atoms with Crippen molar-refractivity contribution in [3.8, 4) is 22.8 Å². The maximum Gasteiger partial charge on any atom is 0.387 e. The Bertz CT molecular complexity index is 1190. The number of ether oxygens (including phenoxy) is 1. The number of thioether (sulfide) groups is 1. The maximum absolute atomic E-state index is 12.6. The first-order chi connectivity index (χ1) is 15.6. The second kappa shape index (κ2) is 10.0. The fourth-order valence-electron chi connectivity index (χ4n) is 2.94. The van der Waals surface area contributed by atoms with E-state index in [0.717, 1.165) is 11.3 Å². The summed E-state index contributed by atoms with van der Waals surface area (Å²) in [6.07, 6.45) is 3.35. The second-order valence-electron chi connectivity index (χ2n) is 6.43. The number of halogens is 2. The van der Waals surface area contributed by atoms with E-state index in [4.69, 9.17) is 0 Å². The third kappa shape index (κ3) is 5.09. The van der Waals surface area contributed by atoms with E-state index in [1.54, 1.807) is 30.6 Å². The van der Waals surface area contributed by atoms with Gasteiger partial charge in [-0.2, -0.15) is 8.78 Å². The van der Waals surface area contributed by atoms with Gasteiger partial charge in [-0.15, -0.1) is 10.2 Å². The number of aromatic nitrogens is 4. The minimum atomic E-state index is -2.99. The molecule has 0 fully saturated rings. The van der Waals surface area contributed by atoms with Crippen LogP contribution in [0.5, 0.6) is 5.75 Å². The lowest BCUT2D eigenvalue weighted by molar-refractivity contribution is -0.113. The number of anilines is 1. The lowest BCUT2D eigenvalue weighted by Crippen LogP contribution is -2.16. The average Bonchev–Trinajstić information content (AvgIpc) is 3.24. The summed E-state index contributed by atoms with van der Waals surface area (Å²) in [5.41, 5.74) is 1.77. The Morgan fingerprint density at radius 1 is 1.03 bits per heavy atom. The predicted octanol–water partition coefficient (Wildman–Crippen LogP) is 4.66. The fourth-order valence-corrected chi connectivity index (χ4v) is 3.69. The van der Waals surface area contributed by atoms with Crippen molar-refractivity contribution in [3.63, 3.8) is 0 Å². The minimum Gasteiger partial charge on any atom is -0.433 e. The summed E-state index contributed by atoms with van der Waals surface area (Å²) < 4.78 is 31.5. The molecule has 0 saturated carbocycles. The van der Waals surface area contributed by atoms with E-state index < -0.39 is 12.5 Å². The van der Waals surface area contributed by atoms with Gasteiger partial charge in [0.2, 0.25) is 5.91 Å². The van der Waals surface area contributed by atoms with E-state index >= 15 is 0 Å². The van der Waals surface area contributed by atoms with E-state index in [0.29, 0.717) is 11.0 Å². The van der Waals surface area contributed by atoms with Gasteiger partial charge < -0.3 is 10.1 Å². The molecular formula is C22H17F2N5O2S. The average molecular weight is 453 g/mol. The van der Waals surface area contributed by atoms with Crippen molar-refractivity contribution in [1.29, 1.82) is 0 Å². The van der Waals surface area contributed by atoms with Gasteiger partial charge >= 0.3 is 6.61 Å². The van der Waals surface area contributed by atoms with Crippen LogP contribution < -0.4 is 10.1 Å². The number of nitrogens with zero attached hydrogens (tertiary/aromatic N) is 4. The molecule has 1 N–H and O–H groups in total. The number of carbonyl (C=O) groups is 1. The molecule has 0 aliphatic carbocycles. The first-order valence-electron chi connectivity index (χ1n) is 9.49. The minimum absolute atomic E-state index is 0.0129. The van der Waals surface area contributed by atoms with Crippen LogP contribution in [0.25, 0.3) is 17.1 Å². The largest absolute Gasteiger partial charge is 0.433 e. The lowest BCUT2D eigenvalue weighted by Gasteiger charge is -2.12. The number of rotatable bonds is 8. The quantitative estimate of drug-likeness (QED) is 0.391.